The van der Waals surface area contributed by atoms with E-state index in [1.165, 1.54) is 15.8 Å². The normalized spacial score (nSPS) is 16.0. The van der Waals surface area contributed by atoms with Crippen molar-refractivity contribution in [2.24, 2.45) is 0 Å². The lowest BCUT2D eigenvalue weighted by Crippen LogP contribution is -2.26. The maximum Gasteiger partial charge on any atom is 0.277 e. The molecule has 0 spiro atoms. The van der Waals surface area contributed by atoms with E-state index in [2.05, 4.69) is 18.9 Å². The highest BCUT2D eigenvalue weighted by Crippen LogP contribution is 2.47. The molecular formula is C18H21ClN2O2S. The predicted molar refractivity (Wildman–Crippen MR) is 98.7 cm³/mol. The molecule has 6 heteroatoms. The van der Waals surface area contributed by atoms with E-state index in [1.54, 1.807) is 11.8 Å². The third kappa shape index (κ3) is 2.64. The van der Waals surface area contributed by atoms with Gasteiger partial charge in [0.15, 0.2) is 0 Å². The molecule has 0 saturated heterocycles. The van der Waals surface area contributed by atoms with Gasteiger partial charge in [0.05, 0.1) is 5.02 Å². The first-order valence-corrected chi connectivity index (χ1v) is 9.43. The molecule has 0 amide bonds. The molecule has 1 aliphatic rings. The van der Waals surface area contributed by atoms with Crippen LogP contribution in [0.15, 0.2) is 22.0 Å². The number of benzene rings is 1. The highest BCUT2D eigenvalue weighted by molar-refractivity contribution is 7.99. The van der Waals surface area contributed by atoms with Gasteiger partial charge in [0.1, 0.15) is 5.56 Å². The van der Waals surface area contributed by atoms with Gasteiger partial charge in [0.25, 0.3) is 5.56 Å². The second-order valence-corrected chi connectivity index (χ2v) is 8.29. The first-order valence-electron chi connectivity index (χ1n) is 8.07. The number of fused-ring (bicyclic) bond motifs is 1. The molecule has 0 saturated carbocycles. The Hall–Kier alpha value is -1.46. The molecule has 3 rings (SSSR count). The van der Waals surface area contributed by atoms with E-state index in [9.17, 15) is 9.59 Å². The van der Waals surface area contributed by atoms with Crippen molar-refractivity contribution in [3.05, 3.63) is 49.9 Å². The van der Waals surface area contributed by atoms with Crippen molar-refractivity contribution < 1.29 is 4.79 Å². The van der Waals surface area contributed by atoms with Gasteiger partial charge < -0.3 is 5.10 Å². The molecule has 1 aliphatic heterocycles. The zero-order valence-corrected chi connectivity index (χ0v) is 15.9. The van der Waals surface area contributed by atoms with Crippen molar-refractivity contribution in [3.63, 3.8) is 0 Å². The number of halogens is 1. The summed E-state index contributed by atoms with van der Waals surface area (Å²) in [6.07, 6.45) is 2.48. The van der Waals surface area contributed by atoms with Crippen LogP contribution in [-0.2, 0) is 12.0 Å². The number of H-pyrrole nitrogens is 1. The van der Waals surface area contributed by atoms with Gasteiger partial charge in [-0.2, -0.15) is 0 Å². The summed E-state index contributed by atoms with van der Waals surface area (Å²) in [6, 6.07) is 1.82. The van der Waals surface area contributed by atoms with E-state index in [4.69, 9.17) is 11.6 Å². The van der Waals surface area contributed by atoms with Gasteiger partial charge in [0.2, 0.25) is 5.78 Å². The van der Waals surface area contributed by atoms with Gasteiger partial charge in [-0.05, 0) is 48.6 Å². The average molecular weight is 365 g/mol. The minimum Gasteiger partial charge on any atom is -0.302 e. The molecule has 0 radical (unpaired) electrons. The van der Waals surface area contributed by atoms with E-state index in [0.717, 1.165) is 23.3 Å². The van der Waals surface area contributed by atoms with Gasteiger partial charge >= 0.3 is 0 Å². The SMILES string of the molecule is CCn1[nH]cc(C(=O)c2cc(C)c3c(c2Cl)C(C)(C)CCS3)c1=O. The summed E-state index contributed by atoms with van der Waals surface area (Å²) >= 11 is 8.46. The van der Waals surface area contributed by atoms with E-state index in [0.29, 0.717) is 17.1 Å². The number of carbonyl (C=O) groups is 1. The van der Waals surface area contributed by atoms with Crippen LogP contribution in [0.5, 0.6) is 0 Å². The zero-order chi connectivity index (χ0) is 17.6. The molecule has 1 N–H and O–H groups in total. The van der Waals surface area contributed by atoms with E-state index in [-0.39, 0.29) is 22.3 Å². The number of hydrogen-bond acceptors (Lipinski definition) is 3. The number of rotatable bonds is 3. The fraction of sp³-hybridized carbons (Fsp3) is 0.444. The van der Waals surface area contributed by atoms with Crippen LogP contribution in [0, 0.1) is 6.92 Å². The highest BCUT2D eigenvalue weighted by atomic mass is 35.5. The Labute approximate surface area is 150 Å². The third-order valence-electron chi connectivity index (χ3n) is 4.70. The van der Waals surface area contributed by atoms with Crippen LogP contribution in [0.3, 0.4) is 0 Å². The molecule has 0 fully saturated rings. The molecule has 0 atom stereocenters. The first-order chi connectivity index (χ1) is 11.3. The highest BCUT2D eigenvalue weighted by Gasteiger charge is 2.34. The van der Waals surface area contributed by atoms with Crippen LogP contribution in [0.4, 0.5) is 0 Å². The molecule has 0 bridgehead atoms. The van der Waals surface area contributed by atoms with Crippen LogP contribution in [0.1, 0.15) is 54.2 Å². The molecular weight excluding hydrogens is 344 g/mol. The molecule has 2 aromatic rings. The molecule has 2 heterocycles. The Bertz CT molecular complexity index is 880. The topological polar surface area (TPSA) is 54.9 Å². The Morgan fingerprint density at radius 2 is 2.12 bits per heavy atom. The van der Waals surface area contributed by atoms with E-state index in [1.807, 2.05) is 19.9 Å². The number of nitrogens with zero attached hydrogens (tertiary/aromatic N) is 1. The summed E-state index contributed by atoms with van der Waals surface area (Å²) in [4.78, 5) is 26.4. The second kappa shape index (κ2) is 6.12. The molecule has 1 aromatic heterocycles. The van der Waals surface area contributed by atoms with Crippen molar-refractivity contribution in [2.45, 2.75) is 51.0 Å². The quantitative estimate of drug-likeness (QED) is 0.832. The average Bonchev–Trinajstić information content (AvgIpc) is 2.90. The second-order valence-electron chi connectivity index (χ2n) is 6.81. The number of hydrogen-bond donors (Lipinski definition) is 1. The Morgan fingerprint density at radius 1 is 1.42 bits per heavy atom. The summed E-state index contributed by atoms with van der Waals surface area (Å²) in [5, 5.41) is 3.31. The fourth-order valence-electron chi connectivity index (χ4n) is 3.22. The predicted octanol–water partition coefficient (Wildman–Crippen LogP) is 4.16. The van der Waals surface area contributed by atoms with Crippen molar-refractivity contribution in [2.75, 3.05) is 5.75 Å². The fourth-order valence-corrected chi connectivity index (χ4v) is 5.39. The summed E-state index contributed by atoms with van der Waals surface area (Å²) in [6.45, 7) is 8.66. The standard InChI is InChI=1S/C18H21ClN2O2S/c1-5-21-17(23)12(9-20-21)15(22)11-8-10(2)16-13(14(11)19)18(3,4)6-7-24-16/h8-9,20H,5-7H2,1-4H3. The van der Waals surface area contributed by atoms with Crippen molar-refractivity contribution >= 4 is 29.1 Å². The zero-order valence-electron chi connectivity index (χ0n) is 14.3. The van der Waals surface area contributed by atoms with Gasteiger partial charge in [0, 0.05) is 23.2 Å². The van der Waals surface area contributed by atoms with E-state index < -0.39 is 0 Å². The maximum absolute atomic E-state index is 12.9. The number of ketones is 1. The minimum atomic E-state index is -0.314. The number of aromatic amines is 1. The maximum atomic E-state index is 12.9. The molecule has 24 heavy (non-hydrogen) atoms. The van der Waals surface area contributed by atoms with Gasteiger partial charge in [-0.25, -0.2) is 0 Å². The Morgan fingerprint density at radius 3 is 2.75 bits per heavy atom. The van der Waals surface area contributed by atoms with Crippen LogP contribution < -0.4 is 5.56 Å². The van der Waals surface area contributed by atoms with Crippen LogP contribution >= 0.6 is 23.4 Å². The molecule has 1 aromatic carbocycles. The first kappa shape index (κ1) is 17.4. The number of carbonyl (C=O) groups excluding carboxylic acids is 1. The lowest BCUT2D eigenvalue weighted by atomic mass is 9.79. The van der Waals surface area contributed by atoms with Crippen molar-refractivity contribution in [3.8, 4) is 0 Å². The largest absolute Gasteiger partial charge is 0.302 e. The lowest BCUT2D eigenvalue weighted by Gasteiger charge is -2.34. The van der Waals surface area contributed by atoms with Crippen LogP contribution in [-0.4, -0.2) is 21.3 Å². The molecule has 128 valence electrons. The van der Waals surface area contributed by atoms with Gasteiger partial charge in [-0.3, -0.25) is 14.3 Å². The number of aryl methyl sites for hydroxylation is 2. The Kier molecular flexibility index (Phi) is 4.43. The Balaban J connectivity index is 2.19. The van der Waals surface area contributed by atoms with Crippen molar-refractivity contribution in [1.82, 2.24) is 9.78 Å². The minimum absolute atomic E-state index is 0.0829. The van der Waals surface area contributed by atoms with Crippen molar-refractivity contribution in [1.29, 1.82) is 0 Å². The van der Waals surface area contributed by atoms with E-state index >= 15 is 0 Å². The number of thioether (sulfide) groups is 1. The van der Waals surface area contributed by atoms with Gasteiger partial charge in [-0.1, -0.05) is 25.4 Å². The monoisotopic (exact) mass is 364 g/mol. The summed E-state index contributed by atoms with van der Waals surface area (Å²) in [5.74, 6) is 0.731. The lowest BCUT2D eigenvalue weighted by molar-refractivity contribution is 0.103. The molecule has 4 nitrogen and oxygen atoms in total. The van der Waals surface area contributed by atoms with Crippen LogP contribution in [0.2, 0.25) is 5.02 Å². The third-order valence-corrected chi connectivity index (χ3v) is 6.31. The van der Waals surface area contributed by atoms with Gasteiger partial charge in [-0.15, -0.1) is 11.8 Å². The summed E-state index contributed by atoms with van der Waals surface area (Å²) < 4.78 is 1.41. The number of nitrogens with one attached hydrogen (secondary N) is 1. The molecule has 0 unspecified atom stereocenters. The number of aromatic nitrogens is 2. The van der Waals surface area contributed by atoms with Crippen LogP contribution in [0.25, 0.3) is 0 Å². The smallest absolute Gasteiger partial charge is 0.277 e. The molecule has 0 aliphatic carbocycles. The summed E-state index contributed by atoms with van der Waals surface area (Å²) in [5.41, 5.74) is 2.25. The summed E-state index contributed by atoms with van der Waals surface area (Å²) in [7, 11) is 0.